The molecule has 0 spiro atoms. The molecule has 1 aromatic carbocycles. The molecular weight excluding hydrogens is 324 g/mol. The van der Waals surface area contributed by atoms with E-state index in [4.69, 9.17) is 5.11 Å². The molecular formula is C14H19BrN2O3. The summed E-state index contributed by atoms with van der Waals surface area (Å²) in [5, 5.41) is 14.2. The van der Waals surface area contributed by atoms with Crippen molar-refractivity contribution in [2.24, 2.45) is 5.92 Å². The highest BCUT2D eigenvalue weighted by Gasteiger charge is 2.16. The average molecular weight is 343 g/mol. The Labute approximate surface area is 126 Å². The number of carboxylic acid groups (broad SMARTS) is 1. The Morgan fingerprint density at radius 3 is 2.60 bits per heavy atom. The molecule has 1 unspecified atom stereocenters. The van der Waals surface area contributed by atoms with Crippen LogP contribution in [0.25, 0.3) is 0 Å². The van der Waals surface area contributed by atoms with Crippen molar-refractivity contribution in [3.8, 4) is 0 Å². The first-order valence-electron chi connectivity index (χ1n) is 6.54. The van der Waals surface area contributed by atoms with E-state index in [-0.39, 0.29) is 12.6 Å². The van der Waals surface area contributed by atoms with Crippen molar-refractivity contribution in [3.63, 3.8) is 0 Å². The predicted octanol–water partition coefficient (Wildman–Crippen LogP) is 3.24. The molecule has 0 aromatic heterocycles. The normalized spacial score (nSPS) is 11.8. The van der Waals surface area contributed by atoms with Gasteiger partial charge in [-0.3, -0.25) is 4.79 Å². The van der Waals surface area contributed by atoms with Crippen molar-refractivity contribution in [2.75, 3.05) is 11.9 Å². The lowest BCUT2D eigenvalue weighted by molar-refractivity contribution is -0.141. The van der Waals surface area contributed by atoms with Gasteiger partial charge >= 0.3 is 12.0 Å². The minimum atomic E-state index is -0.898. The number of hydrogen-bond acceptors (Lipinski definition) is 2. The fourth-order valence-corrected chi connectivity index (χ4v) is 2.17. The van der Waals surface area contributed by atoms with Gasteiger partial charge in [0.2, 0.25) is 0 Å². The van der Waals surface area contributed by atoms with E-state index in [1.54, 1.807) is 6.92 Å². The van der Waals surface area contributed by atoms with Crippen LogP contribution in [0.3, 0.4) is 0 Å². The summed E-state index contributed by atoms with van der Waals surface area (Å²) in [6, 6.07) is 5.22. The van der Waals surface area contributed by atoms with Crippen LogP contribution in [0.2, 0.25) is 0 Å². The Bertz CT molecular complexity index is 491. The minimum Gasteiger partial charge on any atom is -0.481 e. The highest BCUT2D eigenvalue weighted by atomic mass is 79.9. The van der Waals surface area contributed by atoms with Gasteiger partial charge in [0.05, 0.1) is 5.92 Å². The number of hydrogen-bond donors (Lipinski definition) is 3. The van der Waals surface area contributed by atoms with Crippen LogP contribution in [0.15, 0.2) is 22.7 Å². The second-order valence-electron chi connectivity index (χ2n) is 4.43. The van der Waals surface area contributed by atoms with Gasteiger partial charge in [0.25, 0.3) is 0 Å². The SMILES string of the molecule is CCc1cc(Br)ccc1NC(=O)NCC(CC)C(=O)O. The number of carbonyl (C=O) groups excluding carboxylic acids is 1. The number of aliphatic carboxylic acids is 1. The molecule has 1 atom stereocenters. The first kappa shape index (κ1) is 16.5. The van der Waals surface area contributed by atoms with E-state index in [1.807, 2.05) is 25.1 Å². The first-order chi connectivity index (χ1) is 9.47. The highest BCUT2D eigenvalue weighted by molar-refractivity contribution is 9.10. The molecule has 3 N–H and O–H groups in total. The Morgan fingerprint density at radius 1 is 1.35 bits per heavy atom. The number of anilines is 1. The zero-order valence-electron chi connectivity index (χ0n) is 11.6. The number of rotatable bonds is 6. The van der Waals surface area contributed by atoms with Crippen LogP contribution < -0.4 is 10.6 Å². The molecule has 0 saturated heterocycles. The van der Waals surface area contributed by atoms with Gasteiger partial charge in [-0.1, -0.05) is 29.8 Å². The second-order valence-corrected chi connectivity index (χ2v) is 5.35. The van der Waals surface area contributed by atoms with Gasteiger partial charge in [-0.2, -0.15) is 0 Å². The van der Waals surface area contributed by atoms with Crippen molar-refractivity contribution < 1.29 is 14.7 Å². The Hall–Kier alpha value is -1.56. The lowest BCUT2D eigenvalue weighted by Crippen LogP contribution is -2.35. The maximum atomic E-state index is 11.8. The van der Waals surface area contributed by atoms with Crippen LogP contribution in [0, 0.1) is 5.92 Å². The van der Waals surface area contributed by atoms with Crippen LogP contribution in [0.1, 0.15) is 25.8 Å². The quantitative estimate of drug-likeness (QED) is 0.742. The first-order valence-corrected chi connectivity index (χ1v) is 7.33. The molecule has 0 aliphatic carbocycles. The van der Waals surface area contributed by atoms with E-state index in [2.05, 4.69) is 26.6 Å². The predicted molar refractivity (Wildman–Crippen MR) is 82.0 cm³/mol. The number of nitrogens with one attached hydrogen (secondary N) is 2. The van der Waals surface area contributed by atoms with Gasteiger partial charge in [0.1, 0.15) is 0 Å². The topological polar surface area (TPSA) is 78.4 Å². The molecule has 6 heteroatoms. The number of halogens is 1. The van der Waals surface area contributed by atoms with E-state index in [0.717, 1.165) is 22.1 Å². The van der Waals surface area contributed by atoms with Gasteiger partial charge in [-0.15, -0.1) is 0 Å². The van der Waals surface area contributed by atoms with Gasteiger partial charge in [0, 0.05) is 16.7 Å². The third kappa shape index (κ3) is 4.85. The number of urea groups is 1. The summed E-state index contributed by atoms with van der Waals surface area (Å²) in [5.41, 5.74) is 1.75. The monoisotopic (exact) mass is 342 g/mol. The molecule has 2 amide bonds. The van der Waals surface area contributed by atoms with Crippen LogP contribution >= 0.6 is 15.9 Å². The Balaban J connectivity index is 2.60. The summed E-state index contributed by atoms with van der Waals surface area (Å²) < 4.78 is 0.956. The zero-order chi connectivity index (χ0) is 15.1. The molecule has 0 heterocycles. The van der Waals surface area contributed by atoms with Crippen molar-refractivity contribution in [1.82, 2.24) is 5.32 Å². The summed E-state index contributed by atoms with van der Waals surface area (Å²) in [4.78, 5) is 22.6. The largest absolute Gasteiger partial charge is 0.481 e. The molecule has 0 saturated carbocycles. The van der Waals surface area contributed by atoms with E-state index >= 15 is 0 Å². The minimum absolute atomic E-state index is 0.121. The molecule has 0 aliphatic rings. The number of amides is 2. The van der Waals surface area contributed by atoms with Crippen LogP contribution in [-0.2, 0) is 11.2 Å². The summed E-state index contributed by atoms with van der Waals surface area (Å²) in [6.07, 6.45) is 1.27. The van der Waals surface area contributed by atoms with Gasteiger partial charge in [-0.05, 0) is 36.6 Å². The maximum absolute atomic E-state index is 11.8. The van der Waals surface area contributed by atoms with Crippen molar-refractivity contribution in [1.29, 1.82) is 0 Å². The van der Waals surface area contributed by atoms with E-state index in [1.165, 1.54) is 0 Å². The molecule has 0 bridgehead atoms. The molecule has 5 nitrogen and oxygen atoms in total. The molecule has 0 aliphatic heterocycles. The lowest BCUT2D eigenvalue weighted by atomic mass is 10.1. The van der Waals surface area contributed by atoms with Crippen LogP contribution in [0.4, 0.5) is 10.5 Å². The number of carbonyl (C=O) groups is 2. The number of benzene rings is 1. The maximum Gasteiger partial charge on any atom is 0.319 e. The standard InChI is InChI=1S/C14H19BrN2O3/c1-3-9-7-11(15)5-6-12(9)17-14(20)16-8-10(4-2)13(18)19/h5-7,10H,3-4,8H2,1-2H3,(H,18,19)(H2,16,17,20). The fraction of sp³-hybridized carbons (Fsp3) is 0.429. The third-order valence-corrected chi connectivity index (χ3v) is 3.54. The third-order valence-electron chi connectivity index (χ3n) is 3.05. The van der Waals surface area contributed by atoms with Gasteiger partial charge in [-0.25, -0.2) is 4.79 Å². The zero-order valence-corrected chi connectivity index (χ0v) is 13.2. The van der Waals surface area contributed by atoms with Gasteiger partial charge in [0.15, 0.2) is 0 Å². The fourth-order valence-electron chi connectivity index (χ4n) is 1.77. The van der Waals surface area contributed by atoms with Gasteiger partial charge < -0.3 is 15.7 Å². The summed E-state index contributed by atoms with van der Waals surface area (Å²) in [6.45, 7) is 3.90. The molecule has 1 aromatic rings. The van der Waals surface area contributed by atoms with Crippen molar-refractivity contribution in [3.05, 3.63) is 28.2 Å². The van der Waals surface area contributed by atoms with Crippen LogP contribution in [0.5, 0.6) is 0 Å². The number of carboxylic acids is 1. The molecule has 110 valence electrons. The molecule has 1 rings (SSSR count). The van der Waals surface area contributed by atoms with Crippen molar-refractivity contribution >= 4 is 33.6 Å². The van der Waals surface area contributed by atoms with Crippen LogP contribution in [-0.4, -0.2) is 23.7 Å². The summed E-state index contributed by atoms with van der Waals surface area (Å²) in [5.74, 6) is -1.46. The smallest absolute Gasteiger partial charge is 0.319 e. The Morgan fingerprint density at radius 2 is 2.05 bits per heavy atom. The summed E-state index contributed by atoms with van der Waals surface area (Å²) >= 11 is 3.38. The average Bonchev–Trinajstić information content (AvgIpc) is 2.41. The molecule has 20 heavy (non-hydrogen) atoms. The number of aryl methyl sites for hydroxylation is 1. The van der Waals surface area contributed by atoms with E-state index in [0.29, 0.717) is 6.42 Å². The highest BCUT2D eigenvalue weighted by Crippen LogP contribution is 2.21. The van der Waals surface area contributed by atoms with E-state index in [9.17, 15) is 9.59 Å². The molecule has 0 radical (unpaired) electrons. The molecule has 0 fully saturated rings. The lowest BCUT2D eigenvalue weighted by Gasteiger charge is -2.14. The van der Waals surface area contributed by atoms with E-state index < -0.39 is 11.9 Å². The summed E-state index contributed by atoms with van der Waals surface area (Å²) in [7, 11) is 0. The van der Waals surface area contributed by atoms with Crippen molar-refractivity contribution in [2.45, 2.75) is 26.7 Å². The Kier molecular flexibility index (Phi) is 6.51. The second kappa shape index (κ2) is 7.89.